The van der Waals surface area contributed by atoms with E-state index >= 15 is 0 Å². The van der Waals surface area contributed by atoms with Gasteiger partial charge in [-0.1, -0.05) is 6.07 Å². The molecular weight excluding hydrogens is 243 g/mol. The van der Waals surface area contributed by atoms with Crippen LogP contribution in [0.2, 0.25) is 0 Å². The van der Waals surface area contributed by atoms with Crippen LogP contribution in [0.1, 0.15) is 21.5 Å². The molecule has 0 atom stereocenters. The fourth-order valence-corrected chi connectivity index (χ4v) is 1.96. The Bertz CT molecular complexity index is 618. The largest absolute Gasteiger partial charge is 0.399 e. The smallest absolute Gasteiger partial charge is 0.258 e. The Morgan fingerprint density at radius 1 is 1.11 bits per heavy atom. The summed E-state index contributed by atoms with van der Waals surface area (Å²) in [6.45, 7) is 3.87. The summed E-state index contributed by atoms with van der Waals surface area (Å²) in [5.74, 6) is -1.11. The maximum Gasteiger partial charge on any atom is 0.258 e. The van der Waals surface area contributed by atoms with E-state index in [-0.39, 0.29) is 5.56 Å². The van der Waals surface area contributed by atoms with Gasteiger partial charge < -0.3 is 11.1 Å². The molecule has 3 nitrogen and oxygen atoms in total. The molecule has 3 N–H and O–H groups in total. The van der Waals surface area contributed by atoms with Crippen molar-refractivity contribution < 1.29 is 9.18 Å². The van der Waals surface area contributed by atoms with E-state index in [1.807, 2.05) is 32.0 Å². The van der Waals surface area contributed by atoms with Crippen molar-refractivity contribution in [1.82, 2.24) is 0 Å². The highest BCUT2D eigenvalue weighted by molar-refractivity contribution is 6.04. The van der Waals surface area contributed by atoms with Gasteiger partial charge in [0.05, 0.1) is 5.56 Å². The molecule has 98 valence electrons. The second-order valence-corrected chi connectivity index (χ2v) is 4.57. The van der Waals surface area contributed by atoms with Crippen LogP contribution in [0.3, 0.4) is 0 Å². The van der Waals surface area contributed by atoms with Gasteiger partial charge in [0.2, 0.25) is 0 Å². The molecule has 19 heavy (non-hydrogen) atoms. The zero-order valence-electron chi connectivity index (χ0n) is 10.8. The number of carbonyl (C=O) groups is 1. The Morgan fingerprint density at radius 3 is 2.32 bits per heavy atom. The summed E-state index contributed by atoms with van der Waals surface area (Å²) in [5.41, 5.74) is 8.44. The van der Waals surface area contributed by atoms with Gasteiger partial charge in [0.25, 0.3) is 5.91 Å². The van der Waals surface area contributed by atoms with Crippen LogP contribution in [0.4, 0.5) is 15.8 Å². The van der Waals surface area contributed by atoms with E-state index < -0.39 is 11.7 Å². The van der Waals surface area contributed by atoms with Crippen molar-refractivity contribution in [2.45, 2.75) is 13.8 Å². The maximum atomic E-state index is 13.6. The Hall–Kier alpha value is -2.36. The average Bonchev–Trinajstić information content (AvgIpc) is 2.26. The fraction of sp³-hybridized carbons (Fsp3) is 0.133. The molecule has 0 spiro atoms. The van der Waals surface area contributed by atoms with Gasteiger partial charge in [-0.05, 0) is 55.3 Å². The molecule has 2 aromatic rings. The zero-order valence-corrected chi connectivity index (χ0v) is 10.8. The highest BCUT2D eigenvalue weighted by Gasteiger charge is 2.12. The molecule has 0 unspecified atom stereocenters. The van der Waals surface area contributed by atoms with Crippen molar-refractivity contribution >= 4 is 17.3 Å². The molecule has 0 aliphatic rings. The fourth-order valence-electron chi connectivity index (χ4n) is 1.96. The standard InChI is InChI=1S/C15H15FN2O/c1-9-5-10(2)7-12(6-9)18-15(19)13-4-3-11(17)8-14(13)16/h3-8H,17H2,1-2H3,(H,18,19). The van der Waals surface area contributed by atoms with Crippen molar-refractivity contribution in [2.24, 2.45) is 0 Å². The molecule has 2 aromatic carbocycles. The number of nitrogens with one attached hydrogen (secondary N) is 1. The number of halogens is 1. The first-order valence-corrected chi connectivity index (χ1v) is 5.90. The minimum atomic E-state index is -0.623. The SMILES string of the molecule is Cc1cc(C)cc(NC(=O)c2ccc(N)cc2F)c1. The topological polar surface area (TPSA) is 55.1 Å². The molecule has 0 saturated heterocycles. The molecular formula is C15H15FN2O. The van der Waals surface area contributed by atoms with E-state index in [1.54, 1.807) is 0 Å². The molecule has 1 amide bonds. The van der Waals surface area contributed by atoms with E-state index in [0.717, 1.165) is 17.2 Å². The lowest BCUT2D eigenvalue weighted by atomic mass is 10.1. The first-order chi connectivity index (χ1) is 8.95. The van der Waals surface area contributed by atoms with E-state index in [9.17, 15) is 9.18 Å². The van der Waals surface area contributed by atoms with Gasteiger partial charge in [-0.3, -0.25) is 4.79 Å². The van der Waals surface area contributed by atoms with Crippen LogP contribution in [0, 0.1) is 19.7 Å². The van der Waals surface area contributed by atoms with Gasteiger partial charge in [0.15, 0.2) is 0 Å². The highest BCUT2D eigenvalue weighted by Crippen LogP contribution is 2.17. The van der Waals surface area contributed by atoms with Crippen molar-refractivity contribution in [1.29, 1.82) is 0 Å². The van der Waals surface area contributed by atoms with Crippen LogP contribution in [0.5, 0.6) is 0 Å². The maximum absolute atomic E-state index is 13.6. The molecule has 2 rings (SSSR count). The van der Waals surface area contributed by atoms with Crippen LogP contribution in [0.25, 0.3) is 0 Å². The number of anilines is 2. The summed E-state index contributed by atoms with van der Waals surface area (Å²) < 4.78 is 13.6. The minimum Gasteiger partial charge on any atom is -0.399 e. The zero-order chi connectivity index (χ0) is 14.0. The number of hydrogen-bond donors (Lipinski definition) is 2. The second-order valence-electron chi connectivity index (χ2n) is 4.57. The summed E-state index contributed by atoms with van der Waals surface area (Å²) in [6.07, 6.45) is 0. The van der Waals surface area contributed by atoms with Gasteiger partial charge >= 0.3 is 0 Å². The summed E-state index contributed by atoms with van der Waals surface area (Å²) >= 11 is 0. The first-order valence-electron chi connectivity index (χ1n) is 5.90. The molecule has 0 aromatic heterocycles. The Balaban J connectivity index is 2.25. The van der Waals surface area contributed by atoms with Crippen LogP contribution in [-0.4, -0.2) is 5.91 Å². The lowest BCUT2D eigenvalue weighted by Gasteiger charge is -2.08. The van der Waals surface area contributed by atoms with Crippen molar-refractivity contribution in [3.8, 4) is 0 Å². The summed E-state index contributed by atoms with van der Waals surface area (Å²) in [4.78, 5) is 12.0. The number of nitrogen functional groups attached to an aromatic ring is 1. The Labute approximate surface area is 111 Å². The molecule has 0 heterocycles. The second kappa shape index (κ2) is 5.10. The predicted octanol–water partition coefficient (Wildman–Crippen LogP) is 3.28. The Morgan fingerprint density at radius 2 is 1.74 bits per heavy atom. The Kier molecular flexibility index (Phi) is 3.51. The molecule has 0 bridgehead atoms. The molecule has 0 fully saturated rings. The third-order valence-corrected chi connectivity index (χ3v) is 2.72. The van der Waals surface area contributed by atoms with Gasteiger partial charge in [-0.15, -0.1) is 0 Å². The van der Waals surface area contributed by atoms with Crippen LogP contribution >= 0.6 is 0 Å². The minimum absolute atomic E-state index is 0.0200. The van der Waals surface area contributed by atoms with E-state index in [1.165, 1.54) is 12.1 Å². The molecule has 0 aliphatic heterocycles. The summed E-state index contributed by atoms with van der Waals surface area (Å²) in [7, 11) is 0. The van der Waals surface area contributed by atoms with Gasteiger partial charge in [-0.25, -0.2) is 4.39 Å². The van der Waals surface area contributed by atoms with Crippen molar-refractivity contribution in [3.63, 3.8) is 0 Å². The van der Waals surface area contributed by atoms with E-state index in [4.69, 9.17) is 5.73 Å². The molecule has 0 radical (unpaired) electrons. The van der Waals surface area contributed by atoms with Crippen LogP contribution in [-0.2, 0) is 0 Å². The molecule has 0 aliphatic carbocycles. The van der Waals surface area contributed by atoms with Crippen molar-refractivity contribution in [3.05, 3.63) is 58.9 Å². The number of benzene rings is 2. The monoisotopic (exact) mass is 258 g/mol. The third kappa shape index (κ3) is 3.10. The lowest BCUT2D eigenvalue weighted by Crippen LogP contribution is -2.14. The lowest BCUT2D eigenvalue weighted by molar-refractivity contribution is 0.102. The molecule has 0 saturated carbocycles. The van der Waals surface area contributed by atoms with Crippen molar-refractivity contribution in [2.75, 3.05) is 11.1 Å². The number of carbonyl (C=O) groups excluding carboxylic acids is 1. The number of aryl methyl sites for hydroxylation is 2. The van der Waals surface area contributed by atoms with Gasteiger partial charge in [0.1, 0.15) is 5.82 Å². The van der Waals surface area contributed by atoms with E-state index in [0.29, 0.717) is 11.4 Å². The number of rotatable bonds is 2. The van der Waals surface area contributed by atoms with Gasteiger partial charge in [0, 0.05) is 11.4 Å². The van der Waals surface area contributed by atoms with E-state index in [2.05, 4.69) is 5.32 Å². The first kappa shape index (κ1) is 13.1. The van der Waals surface area contributed by atoms with Gasteiger partial charge in [-0.2, -0.15) is 0 Å². The highest BCUT2D eigenvalue weighted by atomic mass is 19.1. The summed E-state index contributed by atoms with van der Waals surface area (Å²) in [6, 6.07) is 9.68. The number of hydrogen-bond acceptors (Lipinski definition) is 2. The normalized spacial score (nSPS) is 10.3. The predicted molar refractivity (Wildman–Crippen MR) is 74.7 cm³/mol. The molecule has 4 heteroatoms. The average molecular weight is 258 g/mol. The van der Waals surface area contributed by atoms with Crippen LogP contribution < -0.4 is 11.1 Å². The van der Waals surface area contributed by atoms with Crippen LogP contribution in [0.15, 0.2) is 36.4 Å². The quantitative estimate of drug-likeness (QED) is 0.812. The third-order valence-electron chi connectivity index (χ3n) is 2.72. The number of amides is 1. The summed E-state index contributed by atoms with van der Waals surface area (Å²) in [5, 5.41) is 2.68. The number of nitrogens with two attached hydrogens (primary N) is 1.